The van der Waals surface area contributed by atoms with E-state index in [9.17, 15) is 14.7 Å². The number of fused-ring (bicyclic) bond motifs is 2. The van der Waals surface area contributed by atoms with Gasteiger partial charge in [-0.3, -0.25) is 14.2 Å². The molecule has 0 unspecified atom stereocenters. The quantitative estimate of drug-likeness (QED) is 0.363. The Morgan fingerprint density at radius 3 is 2.58 bits per heavy atom. The van der Waals surface area contributed by atoms with Crippen LogP contribution in [-0.2, 0) is 19.7 Å². The molecule has 1 saturated carbocycles. The number of aliphatic hydroxyl groups excluding tert-OH is 1. The van der Waals surface area contributed by atoms with Gasteiger partial charge in [0.15, 0.2) is 5.78 Å². The molecule has 1 fully saturated rings. The highest BCUT2D eigenvalue weighted by atomic mass is 16.3. The van der Waals surface area contributed by atoms with E-state index in [1.54, 1.807) is 17.7 Å². The number of nitrogens with one attached hydrogen (secondary N) is 1. The summed E-state index contributed by atoms with van der Waals surface area (Å²) in [6, 6.07) is 10.0. The van der Waals surface area contributed by atoms with E-state index >= 15 is 0 Å². The van der Waals surface area contributed by atoms with Crippen LogP contribution in [0, 0.1) is 6.92 Å². The zero-order valence-electron chi connectivity index (χ0n) is 21.6. The number of ketones is 1. The second-order valence-corrected chi connectivity index (χ2v) is 10.2. The van der Waals surface area contributed by atoms with Gasteiger partial charge in [0.2, 0.25) is 5.95 Å². The Morgan fingerprint density at radius 2 is 1.87 bits per heavy atom. The SMILES string of the molecule is CC(=O)c1c(C)c2cnc(Nc3ccc(N4Cc5ccc(CO)cc5C4)cn3)nc2n(C2CCCC2)c1=O. The third-order valence-electron chi connectivity index (χ3n) is 7.78. The molecule has 0 saturated heterocycles. The molecule has 38 heavy (non-hydrogen) atoms. The van der Waals surface area contributed by atoms with E-state index < -0.39 is 0 Å². The minimum Gasteiger partial charge on any atom is -0.392 e. The zero-order chi connectivity index (χ0) is 26.4. The van der Waals surface area contributed by atoms with Crippen LogP contribution >= 0.6 is 0 Å². The number of carbonyl (C=O) groups excluding carboxylic acids is 1. The largest absolute Gasteiger partial charge is 0.392 e. The molecule has 2 N–H and O–H groups in total. The van der Waals surface area contributed by atoms with E-state index in [-0.39, 0.29) is 29.6 Å². The fraction of sp³-hybridized carbons (Fsp3) is 0.345. The molecule has 1 aliphatic heterocycles. The normalized spacial score (nSPS) is 15.3. The van der Waals surface area contributed by atoms with Gasteiger partial charge >= 0.3 is 0 Å². The molecular weight excluding hydrogens is 480 g/mol. The average molecular weight is 511 g/mol. The first-order valence-electron chi connectivity index (χ1n) is 13.1. The van der Waals surface area contributed by atoms with Gasteiger partial charge in [-0.05, 0) is 61.1 Å². The van der Waals surface area contributed by atoms with E-state index in [2.05, 4.69) is 32.3 Å². The first-order chi connectivity index (χ1) is 18.4. The van der Waals surface area contributed by atoms with E-state index in [4.69, 9.17) is 4.98 Å². The molecule has 0 atom stereocenters. The van der Waals surface area contributed by atoms with Crippen LogP contribution in [0.3, 0.4) is 0 Å². The lowest BCUT2D eigenvalue weighted by atomic mass is 10.0. The maximum absolute atomic E-state index is 13.4. The predicted octanol–water partition coefficient (Wildman–Crippen LogP) is 4.57. The Balaban J connectivity index is 1.28. The van der Waals surface area contributed by atoms with E-state index in [0.717, 1.165) is 50.0 Å². The van der Waals surface area contributed by atoms with Gasteiger partial charge in [0, 0.05) is 30.7 Å². The number of aryl methyl sites for hydroxylation is 1. The van der Waals surface area contributed by atoms with Crippen molar-refractivity contribution in [2.45, 2.75) is 65.3 Å². The van der Waals surface area contributed by atoms with Crippen molar-refractivity contribution in [3.8, 4) is 0 Å². The minimum absolute atomic E-state index is 0.0295. The Bertz CT molecular complexity index is 1610. The zero-order valence-corrected chi connectivity index (χ0v) is 21.6. The number of carbonyl (C=O) groups is 1. The molecule has 3 aromatic heterocycles. The molecule has 1 aliphatic carbocycles. The van der Waals surface area contributed by atoms with Crippen LogP contribution in [0.1, 0.15) is 71.3 Å². The lowest BCUT2D eigenvalue weighted by Gasteiger charge is -2.19. The van der Waals surface area contributed by atoms with E-state index in [1.807, 2.05) is 24.4 Å². The van der Waals surface area contributed by atoms with Crippen LogP contribution in [0.2, 0.25) is 0 Å². The van der Waals surface area contributed by atoms with Crippen LogP contribution in [0.25, 0.3) is 11.0 Å². The van der Waals surface area contributed by atoms with Gasteiger partial charge in [0.1, 0.15) is 11.5 Å². The summed E-state index contributed by atoms with van der Waals surface area (Å²) in [7, 11) is 0. The van der Waals surface area contributed by atoms with Crippen molar-refractivity contribution >= 4 is 34.3 Å². The number of rotatable bonds is 6. The van der Waals surface area contributed by atoms with Gasteiger partial charge < -0.3 is 15.3 Å². The second-order valence-electron chi connectivity index (χ2n) is 10.2. The molecule has 0 amide bonds. The van der Waals surface area contributed by atoms with Crippen molar-refractivity contribution in [2.24, 2.45) is 0 Å². The summed E-state index contributed by atoms with van der Waals surface area (Å²) in [5.41, 5.74) is 5.53. The molecule has 194 valence electrons. The molecule has 9 heteroatoms. The Morgan fingerprint density at radius 1 is 1.08 bits per heavy atom. The monoisotopic (exact) mass is 510 g/mol. The van der Waals surface area contributed by atoms with Crippen LogP contribution in [0.15, 0.2) is 47.5 Å². The smallest absolute Gasteiger partial charge is 0.263 e. The first-order valence-corrected chi connectivity index (χ1v) is 13.1. The number of hydrogen-bond donors (Lipinski definition) is 2. The highest BCUT2D eigenvalue weighted by molar-refractivity contribution is 5.99. The fourth-order valence-corrected chi connectivity index (χ4v) is 5.80. The summed E-state index contributed by atoms with van der Waals surface area (Å²) in [5, 5.41) is 13.3. The van der Waals surface area contributed by atoms with Crippen molar-refractivity contribution in [1.29, 1.82) is 0 Å². The number of aromatic nitrogens is 4. The minimum atomic E-state index is -0.265. The summed E-state index contributed by atoms with van der Waals surface area (Å²) in [5.74, 6) is 0.714. The third-order valence-corrected chi connectivity index (χ3v) is 7.78. The van der Waals surface area contributed by atoms with Gasteiger partial charge in [-0.25, -0.2) is 9.97 Å². The van der Waals surface area contributed by atoms with Gasteiger partial charge in [-0.1, -0.05) is 31.0 Å². The Hall–Kier alpha value is -4.11. The topological polar surface area (TPSA) is 113 Å². The first kappa shape index (κ1) is 24.2. The number of benzene rings is 1. The number of aliphatic hydroxyl groups is 1. The lowest BCUT2D eigenvalue weighted by molar-refractivity contribution is 0.101. The van der Waals surface area contributed by atoms with E-state index in [1.165, 1.54) is 18.1 Å². The van der Waals surface area contributed by atoms with Crippen molar-refractivity contribution in [3.63, 3.8) is 0 Å². The second kappa shape index (κ2) is 9.64. The van der Waals surface area contributed by atoms with Crippen LogP contribution < -0.4 is 15.8 Å². The molecule has 0 bridgehead atoms. The summed E-state index contributed by atoms with van der Waals surface area (Å²) >= 11 is 0. The summed E-state index contributed by atoms with van der Waals surface area (Å²) < 4.78 is 1.71. The van der Waals surface area contributed by atoms with Crippen molar-refractivity contribution in [2.75, 3.05) is 10.2 Å². The molecule has 0 radical (unpaired) electrons. The average Bonchev–Trinajstić information content (AvgIpc) is 3.59. The lowest BCUT2D eigenvalue weighted by Crippen LogP contribution is -2.30. The Labute approximate surface area is 220 Å². The van der Waals surface area contributed by atoms with E-state index in [0.29, 0.717) is 28.4 Å². The van der Waals surface area contributed by atoms with Gasteiger partial charge in [-0.15, -0.1) is 0 Å². The molecule has 4 heterocycles. The number of Topliss-reactive ketones (excluding diaryl/α,β-unsaturated/α-hetero) is 1. The molecule has 2 aliphatic rings. The van der Waals surface area contributed by atoms with Crippen molar-refractivity contribution in [3.05, 3.63) is 80.9 Å². The molecule has 4 aromatic rings. The number of anilines is 3. The maximum Gasteiger partial charge on any atom is 0.263 e. The van der Waals surface area contributed by atoms with Crippen molar-refractivity contribution in [1.82, 2.24) is 19.5 Å². The fourth-order valence-electron chi connectivity index (χ4n) is 5.80. The number of pyridine rings is 2. The Kier molecular flexibility index (Phi) is 6.15. The molecular formula is C29H30N6O3. The van der Waals surface area contributed by atoms with Gasteiger partial charge in [-0.2, -0.15) is 4.98 Å². The standard InChI is InChI=1S/C29H30N6O3/c1-17-24-13-31-29(33-27(24)35(22-5-3-4-6-22)28(38)26(17)18(2)37)32-25-10-9-23(12-30-25)34-14-20-8-7-19(16-36)11-21(20)15-34/h7-13,22,36H,3-6,14-16H2,1-2H3,(H,30,31,32,33). The predicted molar refractivity (Wildman–Crippen MR) is 146 cm³/mol. The molecule has 6 rings (SSSR count). The maximum atomic E-state index is 13.4. The summed E-state index contributed by atoms with van der Waals surface area (Å²) in [4.78, 5) is 41.8. The van der Waals surface area contributed by atoms with Crippen molar-refractivity contribution < 1.29 is 9.90 Å². The highest BCUT2D eigenvalue weighted by Crippen LogP contribution is 2.32. The molecule has 1 aromatic carbocycles. The van der Waals surface area contributed by atoms with Gasteiger partial charge in [0.25, 0.3) is 5.56 Å². The summed E-state index contributed by atoms with van der Waals surface area (Å²) in [6.45, 7) is 4.83. The van der Waals surface area contributed by atoms with Crippen LogP contribution in [0.4, 0.5) is 17.5 Å². The molecule has 9 nitrogen and oxygen atoms in total. The third kappa shape index (κ3) is 4.22. The molecule has 0 spiro atoms. The van der Waals surface area contributed by atoms with Crippen LogP contribution in [-0.4, -0.2) is 30.4 Å². The summed E-state index contributed by atoms with van der Waals surface area (Å²) in [6.07, 6.45) is 7.41. The highest BCUT2D eigenvalue weighted by Gasteiger charge is 2.26. The number of hydrogen-bond acceptors (Lipinski definition) is 8. The number of nitrogens with zero attached hydrogens (tertiary/aromatic N) is 5. The van der Waals surface area contributed by atoms with Gasteiger partial charge in [0.05, 0.1) is 24.1 Å². The van der Waals surface area contributed by atoms with Crippen LogP contribution in [0.5, 0.6) is 0 Å².